The van der Waals surface area contributed by atoms with E-state index < -0.39 is 29.2 Å². The zero-order chi connectivity index (χ0) is 25.9. The lowest BCUT2D eigenvalue weighted by atomic mass is 10.0. The lowest BCUT2D eigenvalue weighted by molar-refractivity contribution is -0.689. The summed E-state index contributed by atoms with van der Waals surface area (Å²) in [6.45, 7) is 0.293. The van der Waals surface area contributed by atoms with Gasteiger partial charge in [0.1, 0.15) is 23.3 Å². The molecule has 2 aromatic rings. The number of nitrogen functional groups attached to an aromatic ring is 1. The summed E-state index contributed by atoms with van der Waals surface area (Å²) in [5, 5.41) is 18.0. The third-order valence-corrected chi connectivity index (χ3v) is 7.37. The van der Waals surface area contributed by atoms with Crippen molar-refractivity contribution in [3.63, 3.8) is 0 Å². The summed E-state index contributed by atoms with van der Waals surface area (Å²) in [6, 6.07) is 5.99. The Bertz CT molecular complexity index is 1330. The van der Waals surface area contributed by atoms with E-state index >= 15 is 0 Å². The molecule has 1 saturated heterocycles. The molecule has 2 aliphatic heterocycles. The van der Waals surface area contributed by atoms with Gasteiger partial charge in [0.05, 0.1) is 11.7 Å². The summed E-state index contributed by atoms with van der Waals surface area (Å²) < 4.78 is 1.82. The minimum absolute atomic E-state index is 0.0584. The van der Waals surface area contributed by atoms with Crippen molar-refractivity contribution in [3.05, 3.63) is 72.1 Å². The Labute approximate surface area is 215 Å². The predicted octanol–water partition coefficient (Wildman–Crippen LogP) is -1.11. The van der Waals surface area contributed by atoms with E-state index in [1.54, 1.807) is 12.4 Å². The number of rotatable bonds is 8. The Hall–Kier alpha value is -4.26. The summed E-state index contributed by atoms with van der Waals surface area (Å²) in [5.41, 5.74) is 5.89. The fourth-order valence-electron chi connectivity index (χ4n) is 4.25. The number of fused-ring (bicyclic) bond motifs is 1. The van der Waals surface area contributed by atoms with Gasteiger partial charge in [0, 0.05) is 29.7 Å². The molecule has 0 saturated carbocycles. The van der Waals surface area contributed by atoms with Crippen LogP contribution in [0.1, 0.15) is 18.7 Å². The molecule has 13 heteroatoms. The average molecular weight is 522 g/mol. The molecule has 3 N–H and O–H groups in total. The Morgan fingerprint density at radius 1 is 1.32 bits per heavy atom. The number of hydrogen-bond donors (Lipinski definition) is 2. The molecule has 4 heterocycles. The highest BCUT2D eigenvalue weighted by Crippen LogP contribution is 2.40. The van der Waals surface area contributed by atoms with Crippen molar-refractivity contribution in [1.82, 2.24) is 20.2 Å². The molecular weight excluding hydrogens is 498 g/mol. The SMILES string of the molecule is Nc1ccnc(/C(=N/OC2C=CCC2)C(=O)NC2C(=O)N3C(C(=O)[O-])=C(C[n+]4ccccc4)CS[C@H]23)n1. The van der Waals surface area contributed by atoms with Crippen LogP contribution in [0.5, 0.6) is 0 Å². The number of allylic oxidation sites excluding steroid dienone is 1. The summed E-state index contributed by atoms with van der Waals surface area (Å²) >= 11 is 1.36. The van der Waals surface area contributed by atoms with E-state index in [1.807, 2.05) is 34.9 Å². The number of nitrogens with one attached hydrogen (secondary N) is 1. The smallest absolute Gasteiger partial charge is 0.278 e. The van der Waals surface area contributed by atoms with Crippen LogP contribution < -0.4 is 20.7 Å². The fourth-order valence-corrected chi connectivity index (χ4v) is 5.58. The number of anilines is 1. The topological polar surface area (TPSA) is 167 Å². The molecule has 3 atom stereocenters. The van der Waals surface area contributed by atoms with E-state index in [2.05, 4.69) is 20.4 Å². The van der Waals surface area contributed by atoms with E-state index in [-0.39, 0.29) is 29.2 Å². The van der Waals surface area contributed by atoms with Crippen LogP contribution in [0.4, 0.5) is 5.82 Å². The van der Waals surface area contributed by atoms with Crippen LogP contribution in [0.25, 0.3) is 0 Å². The first-order valence-electron chi connectivity index (χ1n) is 11.5. The molecular formula is C24H23N7O5S. The van der Waals surface area contributed by atoms with Crippen molar-refractivity contribution in [2.45, 2.75) is 36.9 Å². The number of pyridine rings is 1. The van der Waals surface area contributed by atoms with Gasteiger partial charge in [0.25, 0.3) is 11.8 Å². The van der Waals surface area contributed by atoms with Crippen LogP contribution in [-0.2, 0) is 25.8 Å². The molecule has 37 heavy (non-hydrogen) atoms. The van der Waals surface area contributed by atoms with E-state index in [9.17, 15) is 19.5 Å². The number of nitrogens with zero attached hydrogens (tertiary/aromatic N) is 5. The van der Waals surface area contributed by atoms with Gasteiger partial charge in [-0.15, -0.1) is 11.8 Å². The van der Waals surface area contributed by atoms with Gasteiger partial charge in [0.15, 0.2) is 24.8 Å². The average Bonchev–Trinajstić information content (AvgIpc) is 3.41. The third-order valence-electron chi connectivity index (χ3n) is 6.03. The van der Waals surface area contributed by atoms with Gasteiger partial charge in [-0.2, -0.15) is 0 Å². The van der Waals surface area contributed by atoms with Crippen LogP contribution in [-0.4, -0.2) is 61.6 Å². The van der Waals surface area contributed by atoms with Gasteiger partial charge >= 0.3 is 0 Å². The predicted molar refractivity (Wildman–Crippen MR) is 130 cm³/mol. The number of thioether (sulfide) groups is 1. The summed E-state index contributed by atoms with van der Waals surface area (Å²) in [7, 11) is 0. The molecule has 0 spiro atoms. The van der Waals surface area contributed by atoms with Crippen molar-refractivity contribution in [3.8, 4) is 0 Å². The monoisotopic (exact) mass is 521 g/mol. The Balaban J connectivity index is 1.35. The first-order valence-corrected chi connectivity index (χ1v) is 12.6. The Morgan fingerprint density at radius 2 is 2.14 bits per heavy atom. The van der Waals surface area contributed by atoms with Crippen LogP contribution in [0.15, 0.2) is 71.4 Å². The molecule has 1 fully saturated rings. The van der Waals surface area contributed by atoms with Crippen LogP contribution in [0, 0.1) is 0 Å². The van der Waals surface area contributed by atoms with E-state index in [0.29, 0.717) is 24.3 Å². The molecule has 2 unspecified atom stereocenters. The molecule has 2 amide bonds. The lowest BCUT2D eigenvalue weighted by Crippen LogP contribution is -2.71. The zero-order valence-electron chi connectivity index (χ0n) is 19.5. The maximum atomic E-state index is 13.2. The number of hydrogen-bond acceptors (Lipinski definition) is 10. The van der Waals surface area contributed by atoms with E-state index in [1.165, 1.54) is 28.9 Å². The number of aliphatic carboxylic acids is 1. The first kappa shape index (κ1) is 24.4. The zero-order valence-corrected chi connectivity index (χ0v) is 20.3. The van der Waals surface area contributed by atoms with Gasteiger partial charge in [0.2, 0.25) is 5.71 Å². The van der Waals surface area contributed by atoms with Crippen molar-refractivity contribution >= 4 is 41.1 Å². The molecule has 1 aliphatic carbocycles. The second-order valence-corrected chi connectivity index (χ2v) is 9.65. The van der Waals surface area contributed by atoms with Crippen LogP contribution in [0.3, 0.4) is 0 Å². The number of amides is 2. The van der Waals surface area contributed by atoms with E-state index in [4.69, 9.17) is 10.6 Å². The number of carboxylic acid groups (broad SMARTS) is 1. The molecule has 5 rings (SSSR count). The highest BCUT2D eigenvalue weighted by Gasteiger charge is 2.53. The number of oxime groups is 1. The van der Waals surface area contributed by atoms with Crippen LogP contribution in [0.2, 0.25) is 0 Å². The van der Waals surface area contributed by atoms with Gasteiger partial charge in [-0.3, -0.25) is 14.5 Å². The first-order chi connectivity index (χ1) is 17.9. The molecule has 12 nitrogen and oxygen atoms in total. The van der Waals surface area contributed by atoms with Gasteiger partial charge in [-0.05, 0) is 25.0 Å². The van der Waals surface area contributed by atoms with E-state index in [0.717, 1.165) is 6.42 Å². The molecule has 0 aromatic carbocycles. The Morgan fingerprint density at radius 3 is 2.84 bits per heavy atom. The lowest BCUT2D eigenvalue weighted by Gasteiger charge is -2.50. The largest absolute Gasteiger partial charge is 0.543 e. The standard InChI is InChI=1S/C24H23N7O5S/c25-16-8-9-26-20(27-16)17(29-36-15-6-2-3-7-15)21(32)28-18-22(33)31-19(24(34)35)14(13-37-23(18)31)12-30-10-4-1-5-11-30/h1-2,4-6,8-11,15,18,23H,3,7,12-13H2,(H3-,25,26,27,28,32,34,35)/b29-17-/t15?,18?,23-/m1/s1. The van der Waals surface area contributed by atoms with Crippen molar-refractivity contribution in [1.29, 1.82) is 0 Å². The number of carbonyl (C=O) groups excluding carboxylic acids is 3. The van der Waals surface area contributed by atoms with Crippen molar-refractivity contribution < 1.29 is 28.9 Å². The second-order valence-electron chi connectivity index (χ2n) is 8.54. The second kappa shape index (κ2) is 10.4. The molecule has 0 radical (unpaired) electrons. The minimum atomic E-state index is -1.44. The van der Waals surface area contributed by atoms with Gasteiger partial charge < -0.3 is 25.8 Å². The highest BCUT2D eigenvalue weighted by molar-refractivity contribution is 8.00. The highest BCUT2D eigenvalue weighted by atomic mass is 32.2. The van der Waals surface area contributed by atoms with Crippen molar-refractivity contribution in [2.75, 3.05) is 11.5 Å². The van der Waals surface area contributed by atoms with Gasteiger partial charge in [-0.1, -0.05) is 17.3 Å². The van der Waals surface area contributed by atoms with Crippen LogP contribution >= 0.6 is 11.8 Å². The fraction of sp³-hybridized carbons (Fsp3) is 0.292. The number of nitrogens with two attached hydrogens (primary N) is 1. The summed E-state index contributed by atoms with van der Waals surface area (Å²) in [5.74, 6) is -2.32. The minimum Gasteiger partial charge on any atom is -0.543 e. The molecule has 2 aromatic heterocycles. The number of aromatic nitrogens is 3. The number of carbonyl (C=O) groups is 3. The maximum Gasteiger partial charge on any atom is 0.278 e. The quantitative estimate of drug-likeness (QED) is 0.144. The normalized spacial score (nSPS) is 22.9. The maximum absolute atomic E-state index is 13.2. The Kier molecular flexibility index (Phi) is 6.86. The number of β-lactam (4-membered cyclic amide) rings is 1. The summed E-state index contributed by atoms with van der Waals surface area (Å²) in [4.78, 5) is 53.1. The summed E-state index contributed by atoms with van der Waals surface area (Å²) in [6.07, 6.45) is 10.0. The molecule has 0 bridgehead atoms. The van der Waals surface area contributed by atoms with Crippen molar-refractivity contribution in [2.24, 2.45) is 5.16 Å². The molecule has 3 aliphatic rings. The number of carboxylic acids is 1. The van der Waals surface area contributed by atoms with Gasteiger partial charge in [-0.25, -0.2) is 14.5 Å². The molecule has 190 valence electrons. The third kappa shape index (κ3) is 5.03.